The van der Waals surface area contributed by atoms with Crippen LogP contribution >= 0.6 is 11.3 Å². The first-order chi connectivity index (χ1) is 40.2. The average Bonchev–Trinajstić information content (AvgIpc) is 0.943. The van der Waals surface area contributed by atoms with E-state index in [1.807, 2.05) is 11.3 Å². The van der Waals surface area contributed by atoms with Gasteiger partial charge in [0.15, 0.2) is 0 Å². The Bertz CT molecular complexity index is 4560. The van der Waals surface area contributed by atoms with E-state index in [9.17, 15) is 0 Å². The molecule has 0 fully saturated rings. The molecule has 12 aromatic rings. The molecule has 0 amide bonds. The zero-order chi connectivity index (χ0) is 58.3. The summed E-state index contributed by atoms with van der Waals surface area (Å²) in [5.74, 6) is 0. The van der Waals surface area contributed by atoms with Crippen molar-refractivity contribution >= 4 is 118 Å². The molecule has 0 saturated carbocycles. The van der Waals surface area contributed by atoms with Crippen LogP contribution in [0.3, 0.4) is 0 Å². The van der Waals surface area contributed by atoms with Gasteiger partial charge in [0, 0.05) is 71.5 Å². The molecule has 0 saturated heterocycles. The summed E-state index contributed by atoms with van der Waals surface area (Å²) >= 11 is 1.88. The second kappa shape index (κ2) is 19.5. The molecular formula is C78H73BN4S. The standard InChI is InChI=1S/C78H73BN4S/c1-48-39-70-74-71(40-48)83(75-50(3)41-53(42-51(75)4)73-44-52-21-17-20-26-72(52)84-73)69-47-60(34-37-64(69)79(74)63-36-29-56(78(11,12)13)45-68(63)82(70)58-31-27-54(28-32-58)76(5,6)7)80(65-38-30-55(43-49(65)2)77(8,9)10)59-33-35-62-61-24-18-19-25-66(61)81(67(62)46-59)57-22-15-14-16-23-57/h14-47H,1-13H3. The zero-order valence-corrected chi connectivity index (χ0v) is 51.7. The van der Waals surface area contributed by atoms with E-state index in [0.717, 1.165) is 22.7 Å². The third-order valence-electron chi connectivity index (χ3n) is 18.0. The molecule has 2 aliphatic rings. The van der Waals surface area contributed by atoms with Gasteiger partial charge in [0.25, 0.3) is 6.71 Å². The van der Waals surface area contributed by atoms with Crippen molar-refractivity contribution in [3.05, 3.63) is 245 Å². The Morgan fingerprint density at radius 2 is 0.988 bits per heavy atom. The van der Waals surface area contributed by atoms with E-state index in [2.05, 4.69) is 316 Å². The number of nitrogens with zero attached hydrogens (tertiary/aromatic N) is 4. The zero-order valence-electron chi connectivity index (χ0n) is 50.9. The molecule has 84 heavy (non-hydrogen) atoms. The SMILES string of the molecule is Cc1cc2c3c(c1)N(c1c(C)cc(-c4cc5ccccc5s4)cc1C)c1cc(N(c4ccc5c6ccccc6n(-c6ccccc6)c5c4)c4ccc(C(C)(C)C)cc4C)ccc1B3c1ccc(C(C)(C)C)cc1N2c1ccc(C(C)(C)C)cc1. The third kappa shape index (κ3) is 8.78. The van der Waals surface area contributed by atoms with Gasteiger partial charge < -0.3 is 19.3 Å². The van der Waals surface area contributed by atoms with Crippen molar-refractivity contribution in [3.8, 4) is 16.1 Å². The summed E-state index contributed by atoms with van der Waals surface area (Å²) in [4.78, 5) is 9.05. The number of benzene rings is 10. The molecule has 2 aliphatic heterocycles. The minimum Gasteiger partial charge on any atom is -0.311 e. The van der Waals surface area contributed by atoms with Gasteiger partial charge >= 0.3 is 0 Å². The number of aryl methyl sites for hydroxylation is 4. The van der Waals surface area contributed by atoms with Gasteiger partial charge in [-0.05, 0) is 213 Å². The first kappa shape index (κ1) is 53.4. The van der Waals surface area contributed by atoms with Crippen LogP contribution in [-0.4, -0.2) is 11.3 Å². The summed E-state index contributed by atoms with van der Waals surface area (Å²) < 4.78 is 3.75. The van der Waals surface area contributed by atoms with E-state index in [1.54, 1.807) is 0 Å². The molecule has 0 radical (unpaired) electrons. The van der Waals surface area contributed by atoms with Gasteiger partial charge in [-0.15, -0.1) is 11.3 Å². The molecule has 2 aromatic heterocycles. The smallest absolute Gasteiger partial charge is 0.252 e. The Kier molecular flexibility index (Phi) is 12.4. The third-order valence-corrected chi connectivity index (χ3v) is 19.1. The summed E-state index contributed by atoms with van der Waals surface area (Å²) in [5.41, 5.74) is 28.1. The summed E-state index contributed by atoms with van der Waals surface area (Å²) in [6, 6.07) is 79.0. The largest absolute Gasteiger partial charge is 0.311 e. The maximum absolute atomic E-state index is 2.65. The van der Waals surface area contributed by atoms with E-state index in [1.165, 1.54) is 132 Å². The van der Waals surface area contributed by atoms with E-state index < -0.39 is 0 Å². The van der Waals surface area contributed by atoms with Crippen molar-refractivity contribution in [2.45, 2.75) is 106 Å². The fourth-order valence-corrected chi connectivity index (χ4v) is 14.7. The van der Waals surface area contributed by atoms with E-state index in [4.69, 9.17) is 0 Å². The van der Waals surface area contributed by atoms with Crippen LogP contribution in [0.25, 0.3) is 48.0 Å². The van der Waals surface area contributed by atoms with Gasteiger partial charge in [-0.3, -0.25) is 0 Å². The number of rotatable bonds is 7. The molecule has 4 nitrogen and oxygen atoms in total. The highest BCUT2D eigenvalue weighted by atomic mass is 32.1. The number of thiophene rings is 1. The van der Waals surface area contributed by atoms with Crippen LogP contribution in [0.5, 0.6) is 0 Å². The number of fused-ring (bicyclic) bond motifs is 8. The molecule has 10 aromatic carbocycles. The van der Waals surface area contributed by atoms with E-state index in [0.29, 0.717) is 0 Å². The van der Waals surface area contributed by atoms with Crippen LogP contribution in [0.1, 0.15) is 101 Å². The molecule has 0 spiro atoms. The minimum absolute atomic E-state index is 0.0159. The molecule has 4 heterocycles. The molecule has 14 rings (SSSR count). The molecule has 0 N–H and O–H groups in total. The van der Waals surface area contributed by atoms with Crippen LogP contribution in [0.15, 0.2) is 206 Å². The van der Waals surface area contributed by atoms with Crippen molar-refractivity contribution in [1.82, 2.24) is 4.57 Å². The van der Waals surface area contributed by atoms with Crippen LogP contribution in [0.2, 0.25) is 0 Å². The van der Waals surface area contributed by atoms with Crippen molar-refractivity contribution < 1.29 is 0 Å². The Balaban J connectivity index is 1.05. The van der Waals surface area contributed by atoms with Crippen LogP contribution in [0, 0.1) is 27.7 Å². The Morgan fingerprint density at radius 3 is 1.68 bits per heavy atom. The fraction of sp³-hybridized carbons (Fsp3) is 0.205. The average molecular weight is 1110 g/mol. The second-order valence-electron chi connectivity index (χ2n) is 27.0. The van der Waals surface area contributed by atoms with Crippen LogP contribution in [0.4, 0.5) is 51.2 Å². The van der Waals surface area contributed by atoms with E-state index >= 15 is 0 Å². The topological polar surface area (TPSA) is 14.7 Å². The Labute approximate surface area is 501 Å². The first-order valence-electron chi connectivity index (χ1n) is 29.9. The monoisotopic (exact) mass is 1110 g/mol. The van der Waals surface area contributed by atoms with Crippen molar-refractivity contribution in [2.24, 2.45) is 0 Å². The summed E-state index contributed by atoms with van der Waals surface area (Å²) in [6.07, 6.45) is 0. The van der Waals surface area contributed by atoms with Crippen molar-refractivity contribution in [2.75, 3.05) is 14.7 Å². The molecule has 6 heteroatoms. The van der Waals surface area contributed by atoms with Gasteiger partial charge in [0.1, 0.15) is 0 Å². The van der Waals surface area contributed by atoms with Crippen molar-refractivity contribution in [3.63, 3.8) is 0 Å². The number of aromatic nitrogens is 1. The highest BCUT2D eigenvalue weighted by Gasteiger charge is 2.45. The molecule has 0 bridgehead atoms. The lowest BCUT2D eigenvalue weighted by Gasteiger charge is -2.45. The normalized spacial score (nSPS) is 13.2. The number of para-hydroxylation sites is 2. The minimum atomic E-state index is -0.0623. The maximum atomic E-state index is 2.65. The van der Waals surface area contributed by atoms with E-state index in [-0.39, 0.29) is 23.0 Å². The maximum Gasteiger partial charge on any atom is 0.252 e. The molecule has 0 aliphatic carbocycles. The fourth-order valence-electron chi connectivity index (χ4n) is 13.7. The molecule has 0 unspecified atom stereocenters. The summed E-state index contributed by atoms with van der Waals surface area (Å²) in [5, 5.41) is 3.75. The lowest BCUT2D eigenvalue weighted by Crippen LogP contribution is -2.61. The Hall–Kier alpha value is -8.58. The molecule has 0 atom stereocenters. The van der Waals surface area contributed by atoms with Gasteiger partial charge in [-0.25, -0.2) is 0 Å². The predicted molar refractivity (Wildman–Crippen MR) is 365 cm³/mol. The summed E-state index contributed by atoms with van der Waals surface area (Å²) in [6.45, 7) is 30.1. The highest BCUT2D eigenvalue weighted by molar-refractivity contribution is 7.22. The van der Waals surface area contributed by atoms with Gasteiger partial charge in [-0.1, -0.05) is 165 Å². The highest BCUT2D eigenvalue weighted by Crippen LogP contribution is 2.50. The Morgan fingerprint density at radius 1 is 0.417 bits per heavy atom. The molecule has 414 valence electrons. The van der Waals surface area contributed by atoms with Gasteiger partial charge in [0.05, 0.1) is 16.7 Å². The lowest BCUT2D eigenvalue weighted by molar-refractivity contribution is 0.589. The predicted octanol–water partition coefficient (Wildman–Crippen LogP) is 20.3. The van der Waals surface area contributed by atoms with Crippen molar-refractivity contribution in [1.29, 1.82) is 0 Å². The quantitative estimate of drug-likeness (QED) is 0.148. The lowest BCUT2D eigenvalue weighted by atomic mass is 9.33. The number of hydrogen-bond acceptors (Lipinski definition) is 4. The van der Waals surface area contributed by atoms with Gasteiger partial charge in [-0.2, -0.15) is 0 Å². The second-order valence-corrected chi connectivity index (χ2v) is 28.1. The summed E-state index contributed by atoms with van der Waals surface area (Å²) in [7, 11) is 0. The number of anilines is 9. The number of hydrogen-bond donors (Lipinski definition) is 0. The van der Waals surface area contributed by atoms with Crippen LogP contribution in [-0.2, 0) is 16.2 Å². The van der Waals surface area contributed by atoms with Crippen LogP contribution < -0.4 is 31.1 Å². The van der Waals surface area contributed by atoms with Gasteiger partial charge in [0.2, 0.25) is 0 Å². The first-order valence-corrected chi connectivity index (χ1v) is 30.7. The molecular weight excluding hydrogens is 1040 g/mol.